The molecule has 1 atom stereocenters. The predicted molar refractivity (Wildman–Crippen MR) is 61.3 cm³/mol. The van der Waals surface area contributed by atoms with Crippen LogP contribution in [0.1, 0.15) is 58.3 Å². The van der Waals surface area contributed by atoms with Crippen LogP contribution in [0, 0.1) is 0 Å². The Hall–Kier alpha value is -0.0900. The topological polar surface area (TPSA) is 43.4 Å². The van der Waals surface area contributed by atoms with Gasteiger partial charge in [-0.05, 0) is 12.8 Å². The van der Waals surface area contributed by atoms with Gasteiger partial charge in [0.2, 0.25) is 0 Å². The molecule has 1 unspecified atom stereocenters. The van der Waals surface area contributed by atoms with Crippen molar-refractivity contribution in [3.05, 3.63) is 0 Å². The van der Waals surface area contributed by atoms with Crippen molar-refractivity contribution in [3.63, 3.8) is 0 Å². The Morgan fingerprint density at radius 2 is 1.80 bits per heavy atom. The number of rotatable bonds is 7. The first-order valence-electron chi connectivity index (χ1n) is 6.05. The molecule has 90 valence electrons. The normalized spacial score (nSPS) is 24.5. The lowest BCUT2D eigenvalue weighted by Crippen LogP contribution is -2.06. The third-order valence-electron chi connectivity index (χ3n) is 2.85. The smallest absolute Gasteiger partial charge is 0.267 e. The van der Waals surface area contributed by atoms with Gasteiger partial charge >= 0.3 is 0 Å². The van der Waals surface area contributed by atoms with Crippen molar-refractivity contribution in [2.75, 3.05) is 5.75 Å². The molecule has 3 nitrogen and oxygen atoms in total. The van der Waals surface area contributed by atoms with E-state index in [9.17, 15) is 8.42 Å². The summed E-state index contributed by atoms with van der Waals surface area (Å²) >= 11 is 0. The first-order valence-corrected chi connectivity index (χ1v) is 7.63. The van der Waals surface area contributed by atoms with Gasteiger partial charge < -0.3 is 0 Å². The fraction of sp³-hybridized carbons (Fsp3) is 1.00. The SMILES string of the molecule is CCCCCCCCC1CCS(=O)(=O)O1. The second-order valence-corrected chi connectivity index (χ2v) is 6.04. The average molecular weight is 234 g/mol. The summed E-state index contributed by atoms with van der Waals surface area (Å²) in [5, 5.41) is 0. The molecule has 0 aromatic carbocycles. The lowest BCUT2D eigenvalue weighted by molar-refractivity contribution is 0.220. The number of unbranched alkanes of at least 4 members (excludes halogenated alkanes) is 5. The second-order valence-electron chi connectivity index (χ2n) is 4.33. The molecule has 0 amide bonds. The lowest BCUT2D eigenvalue weighted by Gasteiger charge is -2.06. The van der Waals surface area contributed by atoms with E-state index in [2.05, 4.69) is 6.92 Å². The maximum absolute atomic E-state index is 11.0. The Morgan fingerprint density at radius 3 is 2.40 bits per heavy atom. The third-order valence-corrected chi connectivity index (χ3v) is 4.15. The monoisotopic (exact) mass is 234 g/mol. The van der Waals surface area contributed by atoms with Crippen molar-refractivity contribution < 1.29 is 12.6 Å². The van der Waals surface area contributed by atoms with Crippen molar-refractivity contribution in [3.8, 4) is 0 Å². The van der Waals surface area contributed by atoms with Gasteiger partial charge in [0, 0.05) is 0 Å². The Bertz CT molecular complexity index is 259. The van der Waals surface area contributed by atoms with E-state index < -0.39 is 10.1 Å². The molecule has 0 saturated carbocycles. The van der Waals surface area contributed by atoms with Crippen LogP contribution in [0.15, 0.2) is 0 Å². The fourth-order valence-electron chi connectivity index (χ4n) is 1.92. The van der Waals surface area contributed by atoms with Crippen LogP contribution in [-0.2, 0) is 14.3 Å². The molecule has 0 aromatic rings. The molecule has 1 aliphatic rings. The summed E-state index contributed by atoms with van der Waals surface area (Å²) in [6.07, 6.45) is 9.04. The molecule has 0 aliphatic carbocycles. The molecule has 1 saturated heterocycles. The van der Waals surface area contributed by atoms with E-state index in [1.54, 1.807) is 0 Å². The second kappa shape index (κ2) is 6.48. The molecule has 0 radical (unpaired) electrons. The van der Waals surface area contributed by atoms with Crippen LogP contribution < -0.4 is 0 Å². The van der Waals surface area contributed by atoms with Crippen LogP contribution in [-0.4, -0.2) is 20.3 Å². The first-order chi connectivity index (χ1) is 7.14. The van der Waals surface area contributed by atoms with E-state index in [4.69, 9.17) is 4.18 Å². The van der Waals surface area contributed by atoms with Gasteiger partial charge in [-0.15, -0.1) is 0 Å². The Kier molecular flexibility index (Phi) is 5.61. The molecular weight excluding hydrogens is 212 g/mol. The number of hydrogen-bond donors (Lipinski definition) is 0. The van der Waals surface area contributed by atoms with Gasteiger partial charge in [-0.1, -0.05) is 45.4 Å². The summed E-state index contributed by atoms with van der Waals surface area (Å²) in [4.78, 5) is 0. The van der Waals surface area contributed by atoms with Crippen LogP contribution in [0.2, 0.25) is 0 Å². The molecular formula is C11H22O3S. The number of hydrogen-bond acceptors (Lipinski definition) is 3. The van der Waals surface area contributed by atoms with Crippen LogP contribution >= 0.6 is 0 Å². The van der Waals surface area contributed by atoms with Crippen molar-refractivity contribution in [1.29, 1.82) is 0 Å². The third kappa shape index (κ3) is 5.52. The minimum atomic E-state index is -3.15. The highest BCUT2D eigenvalue weighted by molar-refractivity contribution is 7.86. The summed E-state index contributed by atoms with van der Waals surface area (Å²) in [5.41, 5.74) is 0. The molecule has 1 fully saturated rings. The van der Waals surface area contributed by atoms with Crippen LogP contribution in [0.25, 0.3) is 0 Å². The largest absolute Gasteiger partial charge is 0.267 e. The quantitative estimate of drug-likeness (QED) is 0.502. The summed E-state index contributed by atoms with van der Waals surface area (Å²) in [6.45, 7) is 2.21. The molecule has 0 aromatic heterocycles. The average Bonchev–Trinajstić information content (AvgIpc) is 2.52. The Morgan fingerprint density at radius 1 is 1.13 bits per heavy atom. The van der Waals surface area contributed by atoms with Crippen LogP contribution in [0.3, 0.4) is 0 Å². The van der Waals surface area contributed by atoms with Gasteiger partial charge in [0.05, 0.1) is 11.9 Å². The van der Waals surface area contributed by atoms with Gasteiger partial charge in [-0.2, -0.15) is 8.42 Å². The predicted octanol–water partition coefficient (Wildman–Crippen LogP) is 2.86. The molecule has 1 rings (SSSR count). The highest BCUT2D eigenvalue weighted by Gasteiger charge is 2.27. The molecule has 15 heavy (non-hydrogen) atoms. The molecule has 1 aliphatic heterocycles. The molecule has 1 heterocycles. The maximum atomic E-state index is 11.0. The van der Waals surface area contributed by atoms with Crippen LogP contribution in [0.4, 0.5) is 0 Å². The fourth-order valence-corrected chi connectivity index (χ4v) is 3.18. The van der Waals surface area contributed by atoms with E-state index in [0.29, 0.717) is 6.42 Å². The van der Waals surface area contributed by atoms with Crippen LogP contribution in [0.5, 0.6) is 0 Å². The van der Waals surface area contributed by atoms with E-state index in [-0.39, 0.29) is 11.9 Å². The van der Waals surface area contributed by atoms with Gasteiger partial charge in [-0.3, -0.25) is 4.18 Å². The summed E-state index contributed by atoms with van der Waals surface area (Å²) in [5.74, 6) is 0.216. The highest BCUT2D eigenvalue weighted by Crippen LogP contribution is 2.21. The summed E-state index contributed by atoms with van der Waals surface area (Å²) in [7, 11) is -3.15. The molecule has 4 heteroatoms. The first kappa shape index (κ1) is 13.0. The summed E-state index contributed by atoms with van der Waals surface area (Å²) < 4.78 is 26.9. The Labute approximate surface area is 93.3 Å². The zero-order valence-corrected chi connectivity index (χ0v) is 10.4. The van der Waals surface area contributed by atoms with Crippen molar-refractivity contribution in [2.24, 2.45) is 0 Å². The minimum absolute atomic E-state index is 0.0267. The van der Waals surface area contributed by atoms with Gasteiger partial charge in [0.1, 0.15) is 0 Å². The standard InChI is InChI=1S/C11H22O3S/c1-2-3-4-5-6-7-8-11-9-10-15(12,13)14-11/h11H,2-10H2,1H3. The van der Waals surface area contributed by atoms with E-state index in [0.717, 1.165) is 12.8 Å². The Balaban J connectivity index is 1.97. The zero-order valence-electron chi connectivity index (χ0n) is 9.57. The minimum Gasteiger partial charge on any atom is -0.267 e. The van der Waals surface area contributed by atoms with E-state index >= 15 is 0 Å². The van der Waals surface area contributed by atoms with Gasteiger partial charge in [0.15, 0.2) is 0 Å². The molecule has 0 bridgehead atoms. The highest BCUT2D eigenvalue weighted by atomic mass is 32.2. The van der Waals surface area contributed by atoms with Crippen molar-refractivity contribution in [1.82, 2.24) is 0 Å². The lowest BCUT2D eigenvalue weighted by atomic mass is 10.1. The maximum Gasteiger partial charge on any atom is 0.267 e. The van der Waals surface area contributed by atoms with E-state index in [1.165, 1.54) is 32.1 Å². The van der Waals surface area contributed by atoms with Crippen molar-refractivity contribution in [2.45, 2.75) is 64.4 Å². The van der Waals surface area contributed by atoms with Gasteiger partial charge in [-0.25, -0.2) is 0 Å². The van der Waals surface area contributed by atoms with Crippen molar-refractivity contribution >= 4 is 10.1 Å². The zero-order chi connectivity index (χ0) is 11.1. The molecule has 0 spiro atoms. The van der Waals surface area contributed by atoms with E-state index in [1.807, 2.05) is 0 Å². The molecule has 0 N–H and O–H groups in total. The summed E-state index contributed by atoms with van der Waals surface area (Å²) in [6, 6.07) is 0. The van der Waals surface area contributed by atoms with Gasteiger partial charge in [0.25, 0.3) is 10.1 Å².